The van der Waals surface area contributed by atoms with Gasteiger partial charge in [0.2, 0.25) is 0 Å². The van der Waals surface area contributed by atoms with Crippen LogP contribution in [0, 0.1) is 17.0 Å². The molecule has 0 radical (unpaired) electrons. The zero-order valence-corrected chi connectivity index (χ0v) is 21.5. The summed E-state index contributed by atoms with van der Waals surface area (Å²) in [6, 6.07) is 19.6. The van der Waals surface area contributed by atoms with Crippen LogP contribution in [0.25, 0.3) is 5.76 Å². The van der Waals surface area contributed by atoms with E-state index < -0.39 is 22.7 Å². The second-order valence-electron chi connectivity index (χ2n) is 9.40. The Morgan fingerprint density at radius 3 is 2.45 bits per heavy atom. The van der Waals surface area contributed by atoms with Crippen LogP contribution >= 0.6 is 0 Å². The molecule has 0 aliphatic carbocycles. The van der Waals surface area contributed by atoms with Crippen molar-refractivity contribution >= 4 is 23.1 Å². The number of aliphatic hydroxyl groups excluding tert-OH is 1. The Balaban J connectivity index is 1.74. The number of likely N-dealkylation sites (N-methyl/N-ethyl adjacent to an activating group) is 1. The van der Waals surface area contributed by atoms with E-state index in [1.807, 2.05) is 49.3 Å². The van der Waals surface area contributed by atoms with Gasteiger partial charge in [-0.3, -0.25) is 19.7 Å². The number of nitro benzene ring substituents is 1. The second kappa shape index (κ2) is 11.3. The molecule has 1 aliphatic rings. The van der Waals surface area contributed by atoms with Crippen molar-refractivity contribution < 1.29 is 24.4 Å². The van der Waals surface area contributed by atoms with Crippen LogP contribution in [0.3, 0.4) is 0 Å². The number of benzene rings is 3. The largest absolute Gasteiger partial charge is 0.507 e. The van der Waals surface area contributed by atoms with Crippen LogP contribution in [0.5, 0.6) is 5.75 Å². The van der Waals surface area contributed by atoms with Crippen molar-refractivity contribution in [2.45, 2.75) is 19.6 Å². The number of aryl methyl sites for hydroxylation is 1. The fourth-order valence-electron chi connectivity index (χ4n) is 4.45. The number of carbonyl (C=O) groups is 2. The fraction of sp³-hybridized carbons (Fsp3) is 0.241. The highest BCUT2D eigenvalue weighted by atomic mass is 16.6. The molecule has 1 N–H and O–H groups in total. The van der Waals surface area contributed by atoms with Crippen molar-refractivity contribution in [3.05, 3.63) is 111 Å². The Bertz CT molecular complexity index is 1400. The van der Waals surface area contributed by atoms with E-state index in [2.05, 4.69) is 0 Å². The smallest absolute Gasteiger partial charge is 0.295 e. The zero-order valence-electron chi connectivity index (χ0n) is 21.5. The van der Waals surface area contributed by atoms with Crippen LogP contribution in [-0.4, -0.2) is 58.7 Å². The summed E-state index contributed by atoms with van der Waals surface area (Å²) < 4.78 is 5.87. The van der Waals surface area contributed by atoms with Gasteiger partial charge in [-0.1, -0.05) is 42.5 Å². The molecule has 0 spiro atoms. The number of ketones is 1. The van der Waals surface area contributed by atoms with Crippen molar-refractivity contribution in [1.82, 2.24) is 9.80 Å². The lowest BCUT2D eigenvalue weighted by Crippen LogP contribution is -2.35. The van der Waals surface area contributed by atoms with Gasteiger partial charge in [0, 0.05) is 30.8 Å². The first kappa shape index (κ1) is 26.6. The predicted molar refractivity (Wildman–Crippen MR) is 143 cm³/mol. The fourth-order valence-corrected chi connectivity index (χ4v) is 4.45. The maximum Gasteiger partial charge on any atom is 0.295 e. The summed E-state index contributed by atoms with van der Waals surface area (Å²) in [6.45, 7) is 2.81. The third kappa shape index (κ3) is 5.57. The molecule has 38 heavy (non-hydrogen) atoms. The molecule has 0 unspecified atom stereocenters. The van der Waals surface area contributed by atoms with Gasteiger partial charge < -0.3 is 19.6 Å². The van der Waals surface area contributed by atoms with E-state index in [1.165, 1.54) is 23.1 Å². The Labute approximate surface area is 220 Å². The van der Waals surface area contributed by atoms with Crippen molar-refractivity contribution in [2.24, 2.45) is 0 Å². The summed E-state index contributed by atoms with van der Waals surface area (Å²) >= 11 is 0. The molecule has 1 amide bonds. The number of nitrogens with zero attached hydrogens (tertiary/aromatic N) is 3. The SMILES string of the molecule is Cc1cc(OCc2ccccc2)ccc1C(O)=C1C(=O)C(=O)N(CCN(C)C)[C@H]1c1cccc([N+](=O)[O-])c1. The number of nitro groups is 1. The third-order valence-electron chi connectivity index (χ3n) is 6.43. The number of Topliss-reactive ketones (excluding diaryl/α,β-unsaturated/α-hetero) is 1. The molecule has 9 heteroatoms. The highest BCUT2D eigenvalue weighted by Crippen LogP contribution is 2.40. The van der Waals surface area contributed by atoms with Gasteiger partial charge in [0.15, 0.2) is 0 Å². The average Bonchev–Trinajstić information content (AvgIpc) is 3.16. The molecule has 1 saturated heterocycles. The topological polar surface area (TPSA) is 113 Å². The summed E-state index contributed by atoms with van der Waals surface area (Å²) in [7, 11) is 3.67. The molecule has 9 nitrogen and oxygen atoms in total. The van der Waals surface area contributed by atoms with E-state index in [1.54, 1.807) is 31.2 Å². The van der Waals surface area contributed by atoms with Gasteiger partial charge in [0.05, 0.1) is 16.5 Å². The summed E-state index contributed by atoms with van der Waals surface area (Å²) in [5.41, 5.74) is 2.13. The molecule has 0 bridgehead atoms. The second-order valence-corrected chi connectivity index (χ2v) is 9.40. The van der Waals surface area contributed by atoms with Gasteiger partial charge in [-0.15, -0.1) is 0 Å². The molecular formula is C29H29N3O6. The Morgan fingerprint density at radius 2 is 1.79 bits per heavy atom. The molecule has 1 heterocycles. The molecule has 1 fully saturated rings. The van der Waals surface area contributed by atoms with Crippen LogP contribution in [0.1, 0.15) is 28.3 Å². The van der Waals surface area contributed by atoms with Crippen molar-refractivity contribution in [3.8, 4) is 5.75 Å². The average molecular weight is 516 g/mol. The van der Waals surface area contributed by atoms with Gasteiger partial charge in [0.1, 0.15) is 18.1 Å². The molecule has 1 atom stereocenters. The normalized spacial score (nSPS) is 16.7. The quantitative estimate of drug-likeness (QED) is 0.147. The van der Waals surface area contributed by atoms with Gasteiger partial charge >= 0.3 is 0 Å². The lowest BCUT2D eigenvalue weighted by molar-refractivity contribution is -0.384. The minimum absolute atomic E-state index is 0.102. The number of aliphatic hydroxyl groups is 1. The minimum atomic E-state index is -0.969. The lowest BCUT2D eigenvalue weighted by atomic mass is 9.93. The van der Waals surface area contributed by atoms with Gasteiger partial charge in [-0.2, -0.15) is 0 Å². The number of carbonyl (C=O) groups excluding carboxylic acids is 2. The molecule has 0 aromatic heterocycles. The maximum atomic E-state index is 13.2. The number of ether oxygens (including phenoxy) is 1. The standard InChI is InChI=1S/C29H29N3O6/c1-19-16-23(38-18-20-8-5-4-6-9-20)12-13-24(19)27(33)25-26(21-10-7-11-22(17-21)32(36)37)31(15-14-30(2)3)29(35)28(25)34/h4-13,16-17,26,33H,14-15,18H2,1-3H3/t26-/m0/s1. The first-order valence-corrected chi connectivity index (χ1v) is 12.1. The number of amides is 1. The number of hydrogen-bond donors (Lipinski definition) is 1. The van der Waals surface area contributed by atoms with E-state index in [9.17, 15) is 24.8 Å². The number of hydrogen-bond acceptors (Lipinski definition) is 7. The first-order valence-electron chi connectivity index (χ1n) is 12.1. The van der Waals surface area contributed by atoms with Gasteiger partial charge in [0.25, 0.3) is 17.4 Å². The monoisotopic (exact) mass is 515 g/mol. The number of rotatable bonds is 9. The number of likely N-dealkylation sites (tertiary alicyclic amines) is 1. The van der Waals surface area contributed by atoms with Crippen molar-refractivity contribution in [1.29, 1.82) is 0 Å². The van der Waals surface area contributed by atoms with Crippen LogP contribution in [0.2, 0.25) is 0 Å². The van der Waals surface area contributed by atoms with Crippen molar-refractivity contribution in [3.63, 3.8) is 0 Å². The van der Waals surface area contributed by atoms with Crippen LogP contribution in [-0.2, 0) is 16.2 Å². The molecule has 0 saturated carbocycles. The predicted octanol–water partition coefficient (Wildman–Crippen LogP) is 4.47. The van der Waals surface area contributed by atoms with Gasteiger partial charge in [-0.05, 0) is 55.9 Å². The van der Waals surface area contributed by atoms with E-state index in [0.717, 1.165) is 5.56 Å². The third-order valence-corrected chi connectivity index (χ3v) is 6.43. The lowest BCUT2D eigenvalue weighted by Gasteiger charge is -2.26. The summed E-state index contributed by atoms with van der Waals surface area (Å²) in [4.78, 5) is 40.4. The summed E-state index contributed by atoms with van der Waals surface area (Å²) in [6.07, 6.45) is 0. The molecule has 1 aliphatic heterocycles. The molecule has 3 aromatic carbocycles. The maximum absolute atomic E-state index is 13.2. The van der Waals surface area contributed by atoms with Gasteiger partial charge in [-0.25, -0.2) is 0 Å². The Morgan fingerprint density at radius 1 is 1.05 bits per heavy atom. The van der Waals surface area contributed by atoms with E-state index >= 15 is 0 Å². The summed E-state index contributed by atoms with van der Waals surface area (Å²) in [5.74, 6) is -1.34. The molecule has 3 aromatic rings. The zero-order chi connectivity index (χ0) is 27.4. The van der Waals surface area contributed by atoms with Crippen LogP contribution < -0.4 is 4.74 Å². The molecule has 196 valence electrons. The molecule has 4 rings (SSSR count). The molecular weight excluding hydrogens is 486 g/mol. The Hall–Kier alpha value is -4.50. The van der Waals surface area contributed by atoms with Crippen LogP contribution in [0.15, 0.2) is 78.4 Å². The Kier molecular flexibility index (Phi) is 7.87. The van der Waals surface area contributed by atoms with Crippen molar-refractivity contribution in [2.75, 3.05) is 27.2 Å². The minimum Gasteiger partial charge on any atom is -0.507 e. The van der Waals surface area contributed by atoms with Crippen LogP contribution in [0.4, 0.5) is 5.69 Å². The van der Waals surface area contributed by atoms with E-state index in [0.29, 0.717) is 35.6 Å². The van der Waals surface area contributed by atoms with E-state index in [-0.39, 0.29) is 23.6 Å². The highest BCUT2D eigenvalue weighted by molar-refractivity contribution is 6.46. The highest BCUT2D eigenvalue weighted by Gasteiger charge is 2.46. The van der Waals surface area contributed by atoms with E-state index in [4.69, 9.17) is 4.74 Å². The summed E-state index contributed by atoms with van der Waals surface area (Å²) in [5, 5.41) is 22.8. The first-order chi connectivity index (χ1) is 18.2. The number of non-ortho nitro benzene ring substituents is 1.